The SMILES string of the molecule is CCC(C(=O)OC(C)C(=O)Nc1ccc(S(=O)(=O)NC(C)C)cc1)c1ccccc1. The molecule has 2 aromatic carbocycles. The Morgan fingerprint density at radius 1 is 0.967 bits per heavy atom. The van der Waals surface area contributed by atoms with E-state index >= 15 is 0 Å². The van der Waals surface area contributed by atoms with Gasteiger partial charge < -0.3 is 10.1 Å². The molecule has 0 saturated heterocycles. The normalized spacial score (nSPS) is 13.5. The molecular weight excluding hydrogens is 404 g/mol. The Hall–Kier alpha value is -2.71. The topological polar surface area (TPSA) is 102 Å². The molecule has 8 heteroatoms. The maximum atomic E-state index is 12.5. The number of carbonyl (C=O) groups excluding carboxylic acids is 2. The molecule has 0 fully saturated rings. The summed E-state index contributed by atoms with van der Waals surface area (Å²) in [5.41, 5.74) is 1.24. The van der Waals surface area contributed by atoms with Crippen LogP contribution in [0.1, 0.15) is 45.6 Å². The molecule has 0 radical (unpaired) electrons. The zero-order valence-corrected chi connectivity index (χ0v) is 18.4. The maximum absolute atomic E-state index is 12.5. The Kier molecular flexibility index (Phi) is 8.14. The second-order valence-corrected chi connectivity index (χ2v) is 8.95. The van der Waals surface area contributed by atoms with E-state index in [9.17, 15) is 18.0 Å². The summed E-state index contributed by atoms with van der Waals surface area (Å²) in [6, 6.07) is 14.8. The molecule has 2 rings (SSSR count). The van der Waals surface area contributed by atoms with Crippen LogP contribution in [0.4, 0.5) is 5.69 Å². The van der Waals surface area contributed by atoms with Crippen molar-refractivity contribution in [2.45, 2.75) is 57.1 Å². The Labute approximate surface area is 177 Å². The maximum Gasteiger partial charge on any atom is 0.314 e. The molecule has 0 aliphatic carbocycles. The molecule has 2 unspecified atom stereocenters. The molecule has 0 aliphatic heterocycles. The number of carbonyl (C=O) groups is 2. The fourth-order valence-corrected chi connectivity index (χ4v) is 4.12. The molecule has 0 aromatic heterocycles. The molecule has 162 valence electrons. The van der Waals surface area contributed by atoms with Crippen LogP contribution in [0.25, 0.3) is 0 Å². The van der Waals surface area contributed by atoms with E-state index in [-0.39, 0.29) is 10.9 Å². The van der Waals surface area contributed by atoms with Crippen molar-refractivity contribution in [3.63, 3.8) is 0 Å². The van der Waals surface area contributed by atoms with Gasteiger partial charge in [0, 0.05) is 11.7 Å². The largest absolute Gasteiger partial charge is 0.452 e. The summed E-state index contributed by atoms with van der Waals surface area (Å²) in [5.74, 6) is -1.41. The molecule has 1 amide bonds. The Morgan fingerprint density at radius 3 is 2.10 bits per heavy atom. The molecule has 2 aromatic rings. The summed E-state index contributed by atoms with van der Waals surface area (Å²) in [7, 11) is -3.61. The first-order valence-electron chi connectivity index (χ1n) is 9.82. The summed E-state index contributed by atoms with van der Waals surface area (Å²) >= 11 is 0. The standard InChI is InChI=1S/C22H28N2O5S/c1-5-20(17-9-7-6-8-10-17)22(26)29-16(4)21(25)23-18-11-13-19(14-12-18)30(27,28)24-15(2)3/h6-16,20,24H,5H2,1-4H3,(H,23,25). The molecule has 0 bridgehead atoms. The highest BCUT2D eigenvalue weighted by Gasteiger charge is 2.25. The number of rotatable bonds is 9. The van der Waals surface area contributed by atoms with Crippen LogP contribution < -0.4 is 10.0 Å². The second-order valence-electron chi connectivity index (χ2n) is 7.24. The number of hydrogen-bond acceptors (Lipinski definition) is 5. The van der Waals surface area contributed by atoms with Gasteiger partial charge in [-0.15, -0.1) is 0 Å². The number of benzene rings is 2. The van der Waals surface area contributed by atoms with Crippen molar-refractivity contribution >= 4 is 27.6 Å². The van der Waals surface area contributed by atoms with E-state index in [2.05, 4.69) is 10.0 Å². The van der Waals surface area contributed by atoms with E-state index in [1.807, 2.05) is 37.3 Å². The summed E-state index contributed by atoms with van der Waals surface area (Å²) in [5, 5.41) is 2.63. The molecule has 0 aliphatic rings. The lowest BCUT2D eigenvalue weighted by Gasteiger charge is -2.18. The highest BCUT2D eigenvalue weighted by atomic mass is 32.2. The van der Waals surface area contributed by atoms with Gasteiger partial charge in [-0.3, -0.25) is 9.59 Å². The average molecular weight is 433 g/mol. The lowest BCUT2D eigenvalue weighted by molar-refractivity contribution is -0.154. The molecule has 30 heavy (non-hydrogen) atoms. The van der Waals surface area contributed by atoms with Gasteiger partial charge in [0.25, 0.3) is 5.91 Å². The van der Waals surface area contributed by atoms with E-state index in [0.717, 1.165) is 5.56 Å². The van der Waals surface area contributed by atoms with Gasteiger partial charge in [-0.2, -0.15) is 0 Å². The molecule has 2 atom stereocenters. The van der Waals surface area contributed by atoms with Crippen molar-refractivity contribution in [2.24, 2.45) is 0 Å². The summed E-state index contributed by atoms with van der Waals surface area (Å²) in [4.78, 5) is 25.0. The van der Waals surface area contributed by atoms with Crippen LogP contribution in [-0.4, -0.2) is 32.4 Å². The van der Waals surface area contributed by atoms with Crippen molar-refractivity contribution < 1.29 is 22.7 Å². The fourth-order valence-electron chi connectivity index (χ4n) is 2.87. The van der Waals surface area contributed by atoms with Crippen LogP contribution in [0, 0.1) is 0 Å². The third-order valence-electron chi connectivity index (χ3n) is 4.38. The van der Waals surface area contributed by atoms with Gasteiger partial charge in [-0.05, 0) is 57.0 Å². The van der Waals surface area contributed by atoms with Crippen LogP contribution >= 0.6 is 0 Å². The molecule has 7 nitrogen and oxygen atoms in total. The van der Waals surface area contributed by atoms with Gasteiger partial charge in [-0.25, -0.2) is 13.1 Å². The predicted octanol–water partition coefficient (Wildman–Crippen LogP) is 3.44. The number of hydrogen-bond donors (Lipinski definition) is 2. The predicted molar refractivity (Wildman–Crippen MR) is 116 cm³/mol. The minimum absolute atomic E-state index is 0.0994. The van der Waals surface area contributed by atoms with E-state index in [4.69, 9.17) is 4.74 Å². The first-order chi connectivity index (χ1) is 14.1. The van der Waals surface area contributed by atoms with Gasteiger partial charge in [0.1, 0.15) is 0 Å². The van der Waals surface area contributed by atoms with Crippen LogP contribution in [0.3, 0.4) is 0 Å². The Bertz CT molecular complexity index is 957. The monoisotopic (exact) mass is 432 g/mol. The summed E-state index contributed by atoms with van der Waals surface area (Å²) in [6.07, 6.45) is -0.446. The zero-order chi connectivity index (χ0) is 22.3. The molecule has 0 spiro atoms. The minimum atomic E-state index is -3.61. The third-order valence-corrected chi connectivity index (χ3v) is 6.05. The Balaban J connectivity index is 1.99. The van der Waals surface area contributed by atoms with Gasteiger partial charge in [-0.1, -0.05) is 37.3 Å². The van der Waals surface area contributed by atoms with Gasteiger partial charge >= 0.3 is 5.97 Å². The molecule has 2 N–H and O–H groups in total. The van der Waals surface area contributed by atoms with Crippen LogP contribution in [0.5, 0.6) is 0 Å². The van der Waals surface area contributed by atoms with Crippen LogP contribution in [-0.2, 0) is 24.3 Å². The fraction of sp³-hybridized carbons (Fsp3) is 0.364. The zero-order valence-electron chi connectivity index (χ0n) is 17.6. The molecule has 0 heterocycles. The second kappa shape index (κ2) is 10.4. The van der Waals surface area contributed by atoms with Gasteiger partial charge in [0.15, 0.2) is 6.10 Å². The highest BCUT2D eigenvalue weighted by Crippen LogP contribution is 2.22. The lowest BCUT2D eigenvalue weighted by atomic mass is 9.97. The number of ether oxygens (including phenoxy) is 1. The first-order valence-corrected chi connectivity index (χ1v) is 11.3. The summed E-state index contributed by atoms with van der Waals surface area (Å²) in [6.45, 7) is 6.84. The van der Waals surface area contributed by atoms with E-state index in [1.165, 1.54) is 31.2 Å². The van der Waals surface area contributed by atoms with Crippen molar-refractivity contribution in [3.05, 3.63) is 60.2 Å². The number of nitrogens with one attached hydrogen (secondary N) is 2. The smallest absolute Gasteiger partial charge is 0.314 e. The van der Waals surface area contributed by atoms with Crippen LogP contribution in [0.15, 0.2) is 59.5 Å². The van der Waals surface area contributed by atoms with Gasteiger partial charge in [0.2, 0.25) is 10.0 Å². The first kappa shape index (κ1) is 23.6. The van der Waals surface area contributed by atoms with Crippen LogP contribution in [0.2, 0.25) is 0 Å². The average Bonchev–Trinajstić information content (AvgIpc) is 2.68. The summed E-state index contributed by atoms with van der Waals surface area (Å²) < 4.78 is 32.2. The highest BCUT2D eigenvalue weighted by molar-refractivity contribution is 7.89. The van der Waals surface area contributed by atoms with Crippen molar-refractivity contribution in [1.82, 2.24) is 4.72 Å². The molecular formula is C22H28N2O5S. The van der Waals surface area contributed by atoms with E-state index in [1.54, 1.807) is 13.8 Å². The number of anilines is 1. The lowest BCUT2D eigenvalue weighted by Crippen LogP contribution is -2.32. The number of sulfonamides is 1. The Morgan fingerprint density at radius 2 is 1.57 bits per heavy atom. The number of esters is 1. The van der Waals surface area contributed by atoms with Crippen molar-refractivity contribution in [1.29, 1.82) is 0 Å². The minimum Gasteiger partial charge on any atom is -0.452 e. The molecule has 0 saturated carbocycles. The number of amides is 1. The third kappa shape index (κ3) is 6.40. The van der Waals surface area contributed by atoms with E-state index < -0.39 is 33.9 Å². The quantitative estimate of drug-likeness (QED) is 0.591. The van der Waals surface area contributed by atoms with Crippen molar-refractivity contribution in [2.75, 3.05) is 5.32 Å². The van der Waals surface area contributed by atoms with E-state index in [0.29, 0.717) is 12.1 Å². The van der Waals surface area contributed by atoms with Crippen molar-refractivity contribution in [3.8, 4) is 0 Å². The van der Waals surface area contributed by atoms with Gasteiger partial charge in [0.05, 0.1) is 10.8 Å².